The lowest BCUT2D eigenvalue weighted by Crippen LogP contribution is -2.47. The maximum atomic E-state index is 11.7. The smallest absolute Gasteiger partial charge is 0.311 e. The third kappa shape index (κ3) is 2.02. The number of carbonyl (C=O) groups excluding carboxylic acids is 1. The first kappa shape index (κ1) is 11.6. The van der Waals surface area contributed by atoms with Gasteiger partial charge in [-0.2, -0.15) is 0 Å². The Morgan fingerprint density at radius 3 is 2.71 bits per heavy atom. The van der Waals surface area contributed by atoms with Gasteiger partial charge in [0, 0.05) is 6.54 Å². The summed E-state index contributed by atoms with van der Waals surface area (Å²) in [6.07, 6.45) is 3.46. The molecule has 0 unspecified atom stereocenters. The first-order valence-corrected chi connectivity index (χ1v) is 5.48. The molecule has 1 heterocycles. The molecule has 0 atom stereocenters. The second kappa shape index (κ2) is 4.20. The number of carbonyl (C=O) groups is 2. The molecule has 1 saturated carbocycles. The van der Waals surface area contributed by atoms with Gasteiger partial charge in [-0.15, -0.1) is 0 Å². The zero-order valence-corrected chi connectivity index (χ0v) is 9.52. The largest absolute Gasteiger partial charge is 0.481 e. The van der Waals surface area contributed by atoms with Crippen molar-refractivity contribution in [2.45, 2.75) is 26.2 Å². The number of amides is 1. The highest BCUT2D eigenvalue weighted by Crippen LogP contribution is 2.40. The fourth-order valence-electron chi connectivity index (χ4n) is 1.93. The molecule has 2 rings (SSSR count). The quantitative estimate of drug-likeness (QED) is 0.815. The summed E-state index contributed by atoms with van der Waals surface area (Å²) in [5.41, 5.74) is -0.425. The van der Waals surface area contributed by atoms with E-state index in [1.807, 2.05) is 0 Å². The van der Waals surface area contributed by atoms with E-state index in [9.17, 15) is 9.59 Å². The maximum absolute atomic E-state index is 11.7. The fourth-order valence-corrected chi connectivity index (χ4v) is 1.93. The predicted molar refractivity (Wildman–Crippen MR) is 57.5 cm³/mol. The molecule has 0 saturated heterocycles. The minimum absolute atomic E-state index is 0.159. The predicted octanol–water partition coefficient (Wildman–Crippen LogP) is 0.968. The van der Waals surface area contributed by atoms with Crippen LogP contribution >= 0.6 is 0 Å². The Morgan fingerprint density at radius 2 is 2.29 bits per heavy atom. The summed E-state index contributed by atoms with van der Waals surface area (Å²) >= 11 is 0. The normalized spacial score (nSPS) is 17.2. The number of aromatic nitrogens is 1. The first-order valence-electron chi connectivity index (χ1n) is 5.48. The minimum atomic E-state index is -0.842. The van der Waals surface area contributed by atoms with E-state index in [2.05, 4.69) is 10.5 Å². The Labute approximate surface area is 98.0 Å². The van der Waals surface area contributed by atoms with Crippen LogP contribution < -0.4 is 5.32 Å². The topological polar surface area (TPSA) is 92.4 Å². The van der Waals surface area contributed by atoms with Gasteiger partial charge in [0.1, 0.15) is 11.3 Å². The summed E-state index contributed by atoms with van der Waals surface area (Å²) in [6.45, 7) is 1.80. The van der Waals surface area contributed by atoms with Crippen LogP contribution in [-0.4, -0.2) is 28.7 Å². The number of aliphatic carboxylic acids is 1. The number of carboxylic acids is 1. The summed E-state index contributed by atoms with van der Waals surface area (Å²) in [4.78, 5) is 22.8. The molecule has 1 aliphatic rings. The molecule has 0 aliphatic heterocycles. The van der Waals surface area contributed by atoms with Gasteiger partial charge in [-0.25, -0.2) is 0 Å². The van der Waals surface area contributed by atoms with Crippen LogP contribution in [0.25, 0.3) is 0 Å². The Hall–Kier alpha value is -1.85. The van der Waals surface area contributed by atoms with Crippen molar-refractivity contribution in [3.63, 3.8) is 0 Å². The van der Waals surface area contributed by atoms with Crippen molar-refractivity contribution in [1.82, 2.24) is 10.5 Å². The van der Waals surface area contributed by atoms with Gasteiger partial charge in [-0.1, -0.05) is 11.6 Å². The van der Waals surface area contributed by atoms with Crippen molar-refractivity contribution in [2.75, 3.05) is 6.54 Å². The highest BCUT2D eigenvalue weighted by molar-refractivity contribution is 5.95. The van der Waals surface area contributed by atoms with Crippen LogP contribution in [0, 0.1) is 12.3 Å². The average Bonchev–Trinajstić information content (AvgIpc) is 2.62. The molecule has 1 aromatic heterocycles. The van der Waals surface area contributed by atoms with E-state index in [0.29, 0.717) is 24.2 Å². The number of rotatable bonds is 4. The van der Waals surface area contributed by atoms with E-state index in [1.165, 1.54) is 6.20 Å². The van der Waals surface area contributed by atoms with Crippen LogP contribution in [0.15, 0.2) is 10.7 Å². The SMILES string of the molecule is Cc1oncc1C(=O)NCC1(C(=O)O)CCC1. The van der Waals surface area contributed by atoms with Gasteiger partial charge in [-0.05, 0) is 19.8 Å². The Bertz CT molecular complexity index is 448. The van der Waals surface area contributed by atoms with Gasteiger partial charge >= 0.3 is 5.97 Å². The molecule has 17 heavy (non-hydrogen) atoms. The zero-order chi connectivity index (χ0) is 12.5. The summed E-state index contributed by atoms with van der Waals surface area (Å²) < 4.78 is 4.78. The van der Waals surface area contributed by atoms with Gasteiger partial charge < -0.3 is 14.9 Å². The van der Waals surface area contributed by atoms with E-state index in [4.69, 9.17) is 9.63 Å². The van der Waals surface area contributed by atoms with Gasteiger partial charge in [-0.3, -0.25) is 9.59 Å². The summed E-state index contributed by atoms with van der Waals surface area (Å²) in [5.74, 6) is -0.747. The first-order chi connectivity index (χ1) is 8.05. The Kier molecular flexibility index (Phi) is 2.87. The molecule has 92 valence electrons. The van der Waals surface area contributed by atoms with E-state index < -0.39 is 11.4 Å². The Morgan fingerprint density at radius 1 is 1.59 bits per heavy atom. The second-order valence-electron chi connectivity index (χ2n) is 4.42. The maximum Gasteiger partial charge on any atom is 0.311 e. The lowest BCUT2D eigenvalue weighted by atomic mass is 9.69. The highest BCUT2D eigenvalue weighted by atomic mass is 16.5. The monoisotopic (exact) mass is 238 g/mol. The van der Waals surface area contributed by atoms with Crippen LogP contribution in [-0.2, 0) is 4.79 Å². The molecule has 6 heteroatoms. The van der Waals surface area contributed by atoms with E-state index in [1.54, 1.807) is 6.92 Å². The second-order valence-corrected chi connectivity index (χ2v) is 4.42. The van der Waals surface area contributed by atoms with E-state index in [-0.39, 0.29) is 12.5 Å². The molecular formula is C11H14N2O4. The summed E-state index contributed by atoms with van der Waals surface area (Å²) in [5, 5.41) is 15.2. The van der Waals surface area contributed by atoms with Crippen molar-refractivity contribution in [2.24, 2.45) is 5.41 Å². The zero-order valence-electron chi connectivity index (χ0n) is 9.52. The highest BCUT2D eigenvalue weighted by Gasteiger charge is 2.44. The molecule has 2 N–H and O–H groups in total. The molecule has 1 fully saturated rings. The number of hydrogen-bond acceptors (Lipinski definition) is 4. The number of nitrogens with zero attached hydrogens (tertiary/aromatic N) is 1. The number of hydrogen-bond donors (Lipinski definition) is 2. The van der Waals surface area contributed by atoms with Gasteiger partial charge in [0.15, 0.2) is 0 Å². The lowest BCUT2D eigenvalue weighted by molar-refractivity contribution is -0.153. The molecular weight excluding hydrogens is 224 g/mol. The number of nitrogens with one attached hydrogen (secondary N) is 1. The summed E-state index contributed by atoms with van der Waals surface area (Å²) in [7, 11) is 0. The number of aryl methyl sites for hydroxylation is 1. The third-order valence-corrected chi connectivity index (χ3v) is 3.35. The van der Waals surface area contributed by atoms with Crippen molar-refractivity contribution in [3.8, 4) is 0 Å². The van der Waals surface area contributed by atoms with Crippen LogP contribution in [0.2, 0.25) is 0 Å². The van der Waals surface area contributed by atoms with Crippen molar-refractivity contribution in [1.29, 1.82) is 0 Å². The molecule has 0 aromatic carbocycles. The lowest BCUT2D eigenvalue weighted by Gasteiger charge is -2.37. The molecule has 0 bridgehead atoms. The standard InChI is InChI=1S/C11H14N2O4/c1-7-8(5-13-17-7)9(14)12-6-11(10(15)16)3-2-4-11/h5H,2-4,6H2,1H3,(H,12,14)(H,15,16). The van der Waals surface area contributed by atoms with Crippen molar-refractivity contribution >= 4 is 11.9 Å². The third-order valence-electron chi connectivity index (χ3n) is 3.35. The number of carboxylic acid groups (broad SMARTS) is 1. The van der Waals surface area contributed by atoms with Crippen LogP contribution in [0.4, 0.5) is 0 Å². The molecule has 1 aromatic rings. The van der Waals surface area contributed by atoms with Crippen LogP contribution in [0.5, 0.6) is 0 Å². The molecule has 1 aliphatic carbocycles. The minimum Gasteiger partial charge on any atom is -0.481 e. The van der Waals surface area contributed by atoms with Gasteiger partial charge in [0.25, 0.3) is 5.91 Å². The van der Waals surface area contributed by atoms with Crippen LogP contribution in [0.3, 0.4) is 0 Å². The van der Waals surface area contributed by atoms with Gasteiger partial charge in [0.05, 0.1) is 11.6 Å². The van der Waals surface area contributed by atoms with Gasteiger partial charge in [0.2, 0.25) is 0 Å². The van der Waals surface area contributed by atoms with Crippen molar-refractivity contribution in [3.05, 3.63) is 17.5 Å². The fraction of sp³-hybridized carbons (Fsp3) is 0.545. The van der Waals surface area contributed by atoms with Crippen LogP contribution in [0.1, 0.15) is 35.4 Å². The molecule has 0 radical (unpaired) electrons. The molecule has 6 nitrogen and oxygen atoms in total. The average molecular weight is 238 g/mol. The van der Waals surface area contributed by atoms with Crippen molar-refractivity contribution < 1.29 is 19.2 Å². The molecule has 1 amide bonds. The van der Waals surface area contributed by atoms with E-state index in [0.717, 1.165) is 6.42 Å². The molecule has 0 spiro atoms. The van der Waals surface area contributed by atoms with E-state index >= 15 is 0 Å². The summed E-state index contributed by atoms with van der Waals surface area (Å²) in [6, 6.07) is 0. The Balaban J connectivity index is 1.97.